The molecule has 0 unspecified atom stereocenters. The highest BCUT2D eigenvalue weighted by Crippen LogP contribution is 2.06. The minimum absolute atomic E-state index is 0.277. The number of aliphatic hydroxyl groups is 2. The Bertz CT molecular complexity index is 423. The molecule has 16 heavy (non-hydrogen) atoms. The summed E-state index contributed by atoms with van der Waals surface area (Å²) in [7, 11) is -3.64. The van der Waals surface area contributed by atoms with E-state index in [1.165, 1.54) is 6.07 Å². The minimum Gasteiger partial charge on any atom is -0.395 e. The molecule has 0 aliphatic rings. The van der Waals surface area contributed by atoms with E-state index in [0.29, 0.717) is 5.76 Å². The molecular weight excluding hydrogens is 236 g/mol. The summed E-state index contributed by atoms with van der Waals surface area (Å²) >= 11 is 0. The molecule has 8 heteroatoms. The Morgan fingerprint density at radius 2 is 2.12 bits per heavy atom. The summed E-state index contributed by atoms with van der Waals surface area (Å²) in [6.45, 7) is 0.724. The number of nitrogens with one attached hydrogen (secondary N) is 1. The van der Waals surface area contributed by atoms with Crippen molar-refractivity contribution < 1.29 is 23.2 Å². The lowest BCUT2D eigenvalue weighted by atomic mass is 10.4. The van der Waals surface area contributed by atoms with Crippen molar-refractivity contribution >= 4 is 10.0 Å². The first-order valence-corrected chi connectivity index (χ1v) is 6.26. The van der Waals surface area contributed by atoms with Crippen LogP contribution in [0, 0.1) is 6.92 Å². The molecule has 1 heterocycles. The first kappa shape index (κ1) is 13.1. The molecule has 0 amide bonds. The van der Waals surface area contributed by atoms with Gasteiger partial charge in [0, 0.05) is 6.07 Å². The lowest BCUT2D eigenvalue weighted by molar-refractivity contribution is 0.185. The molecule has 1 aromatic heterocycles. The maximum absolute atomic E-state index is 11.5. The molecule has 92 valence electrons. The van der Waals surface area contributed by atoms with Crippen LogP contribution in [0.1, 0.15) is 11.5 Å². The van der Waals surface area contributed by atoms with Crippen molar-refractivity contribution in [3.8, 4) is 0 Å². The van der Waals surface area contributed by atoms with Crippen molar-refractivity contribution in [2.24, 2.45) is 0 Å². The number of aliphatic hydroxyl groups excluding tert-OH is 2. The van der Waals surface area contributed by atoms with Gasteiger partial charge in [0.15, 0.2) is 0 Å². The van der Waals surface area contributed by atoms with Crippen LogP contribution in [-0.4, -0.2) is 43.0 Å². The van der Waals surface area contributed by atoms with E-state index in [9.17, 15) is 8.42 Å². The summed E-state index contributed by atoms with van der Waals surface area (Å²) in [6.07, 6.45) is 0. The number of sulfonamides is 1. The summed E-state index contributed by atoms with van der Waals surface area (Å²) in [5.41, 5.74) is 0.277. The average molecular weight is 250 g/mol. The highest BCUT2D eigenvalue weighted by atomic mass is 32.2. The Morgan fingerprint density at radius 3 is 2.56 bits per heavy atom. The van der Waals surface area contributed by atoms with E-state index < -0.39 is 29.3 Å². The SMILES string of the molecule is Cc1cc(CS(=O)(=O)NC(CO)CO)no1. The maximum atomic E-state index is 11.5. The summed E-state index contributed by atoms with van der Waals surface area (Å²) in [4.78, 5) is 0. The van der Waals surface area contributed by atoms with Gasteiger partial charge in [-0.15, -0.1) is 0 Å². The Morgan fingerprint density at radius 1 is 1.50 bits per heavy atom. The third kappa shape index (κ3) is 3.89. The molecule has 1 rings (SSSR count). The van der Waals surface area contributed by atoms with Gasteiger partial charge < -0.3 is 14.7 Å². The molecule has 0 aliphatic heterocycles. The fourth-order valence-corrected chi connectivity index (χ4v) is 2.37. The first-order chi connectivity index (χ1) is 7.46. The molecule has 0 saturated heterocycles. The van der Waals surface area contributed by atoms with Crippen LogP contribution < -0.4 is 4.72 Å². The molecule has 0 aromatic carbocycles. The van der Waals surface area contributed by atoms with Crippen LogP contribution in [0.15, 0.2) is 10.6 Å². The Hall–Kier alpha value is -0.960. The molecule has 0 fully saturated rings. The second-order valence-electron chi connectivity index (χ2n) is 3.37. The van der Waals surface area contributed by atoms with Crippen molar-refractivity contribution in [3.05, 3.63) is 17.5 Å². The predicted octanol–water partition coefficient (Wildman–Crippen LogP) is -1.24. The van der Waals surface area contributed by atoms with Crippen LogP contribution in [0.2, 0.25) is 0 Å². The van der Waals surface area contributed by atoms with Gasteiger partial charge in [0.1, 0.15) is 17.2 Å². The molecule has 0 radical (unpaired) electrons. The van der Waals surface area contributed by atoms with Crippen molar-refractivity contribution in [3.63, 3.8) is 0 Å². The van der Waals surface area contributed by atoms with E-state index in [2.05, 4.69) is 9.88 Å². The molecular formula is C8H14N2O5S. The topological polar surface area (TPSA) is 113 Å². The van der Waals surface area contributed by atoms with Crippen LogP contribution in [0.25, 0.3) is 0 Å². The molecule has 7 nitrogen and oxygen atoms in total. The monoisotopic (exact) mass is 250 g/mol. The van der Waals surface area contributed by atoms with Crippen molar-refractivity contribution in [2.45, 2.75) is 18.7 Å². The van der Waals surface area contributed by atoms with E-state index in [0.717, 1.165) is 0 Å². The van der Waals surface area contributed by atoms with Gasteiger partial charge in [-0.2, -0.15) is 0 Å². The van der Waals surface area contributed by atoms with Crippen molar-refractivity contribution in [1.29, 1.82) is 0 Å². The smallest absolute Gasteiger partial charge is 0.217 e. The summed E-state index contributed by atoms with van der Waals surface area (Å²) < 4.78 is 29.9. The van der Waals surface area contributed by atoms with Gasteiger partial charge in [-0.25, -0.2) is 13.1 Å². The predicted molar refractivity (Wildman–Crippen MR) is 55.0 cm³/mol. The Labute approximate surface area is 93.1 Å². The highest BCUT2D eigenvalue weighted by Gasteiger charge is 2.18. The standard InChI is InChI=1S/C8H14N2O5S/c1-6-2-7(9-15-6)5-16(13,14)10-8(3-11)4-12/h2,8,10-12H,3-5H2,1H3. The Balaban J connectivity index is 2.65. The minimum atomic E-state index is -3.64. The van der Waals surface area contributed by atoms with Crippen LogP contribution in [0.3, 0.4) is 0 Å². The first-order valence-electron chi connectivity index (χ1n) is 4.60. The zero-order chi connectivity index (χ0) is 12.2. The summed E-state index contributed by atoms with van der Waals surface area (Å²) in [6, 6.07) is 0.615. The maximum Gasteiger partial charge on any atom is 0.217 e. The largest absolute Gasteiger partial charge is 0.395 e. The van der Waals surface area contributed by atoms with Crippen LogP contribution in [0.4, 0.5) is 0 Å². The average Bonchev–Trinajstić information content (AvgIpc) is 2.59. The number of aromatic nitrogens is 1. The van der Waals surface area contributed by atoms with E-state index in [1.54, 1.807) is 6.92 Å². The number of aryl methyl sites for hydroxylation is 1. The van der Waals surface area contributed by atoms with Crippen LogP contribution in [0.5, 0.6) is 0 Å². The number of hydrogen-bond donors (Lipinski definition) is 3. The van der Waals surface area contributed by atoms with E-state index in [4.69, 9.17) is 14.7 Å². The number of hydrogen-bond acceptors (Lipinski definition) is 6. The van der Waals surface area contributed by atoms with Gasteiger partial charge >= 0.3 is 0 Å². The van der Waals surface area contributed by atoms with Crippen molar-refractivity contribution in [1.82, 2.24) is 9.88 Å². The van der Waals surface area contributed by atoms with E-state index in [1.807, 2.05) is 0 Å². The summed E-state index contributed by atoms with van der Waals surface area (Å²) in [5, 5.41) is 21.0. The zero-order valence-electron chi connectivity index (χ0n) is 8.75. The zero-order valence-corrected chi connectivity index (χ0v) is 9.57. The van der Waals surface area contributed by atoms with E-state index in [-0.39, 0.29) is 11.4 Å². The third-order valence-electron chi connectivity index (χ3n) is 1.80. The number of rotatable bonds is 6. The van der Waals surface area contributed by atoms with Gasteiger partial charge in [-0.1, -0.05) is 5.16 Å². The highest BCUT2D eigenvalue weighted by molar-refractivity contribution is 7.88. The third-order valence-corrected chi connectivity index (χ3v) is 3.17. The van der Waals surface area contributed by atoms with Gasteiger partial charge in [-0.05, 0) is 6.92 Å². The normalized spacial score (nSPS) is 12.2. The fourth-order valence-electron chi connectivity index (χ4n) is 1.11. The second kappa shape index (κ2) is 5.39. The molecule has 0 saturated carbocycles. The van der Waals surface area contributed by atoms with Gasteiger partial charge in [0.2, 0.25) is 10.0 Å². The second-order valence-corrected chi connectivity index (χ2v) is 5.12. The molecule has 0 atom stereocenters. The quantitative estimate of drug-likeness (QED) is 0.582. The van der Waals surface area contributed by atoms with E-state index >= 15 is 0 Å². The van der Waals surface area contributed by atoms with Gasteiger partial charge in [-0.3, -0.25) is 0 Å². The molecule has 0 bridgehead atoms. The lowest BCUT2D eigenvalue weighted by Crippen LogP contribution is -2.40. The molecule has 0 spiro atoms. The molecule has 1 aromatic rings. The van der Waals surface area contributed by atoms with Crippen LogP contribution in [-0.2, 0) is 15.8 Å². The lowest BCUT2D eigenvalue weighted by Gasteiger charge is -2.12. The van der Waals surface area contributed by atoms with Gasteiger partial charge in [0.25, 0.3) is 0 Å². The van der Waals surface area contributed by atoms with Gasteiger partial charge in [0.05, 0.1) is 19.3 Å². The summed E-state index contributed by atoms with van der Waals surface area (Å²) in [5.74, 6) is 0.173. The molecule has 3 N–H and O–H groups in total. The number of nitrogens with zero attached hydrogens (tertiary/aromatic N) is 1. The molecule has 0 aliphatic carbocycles. The Kier molecular flexibility index (Phi) is 4.42. The van der Waals surface area contributed by atoms with Crippen molar-refractivity contribution in [2.75, 3.05) is 13.2 Å². The fraction of sp³-hybridized carbons (Fsp3) is 0.625. The van der Waals surface area contributed by atoms with Crippen LogP contribution >= 0.6 is 0 Å².